The SMILES string of the molecule is COCc1nocc1C(=O)N[C@H](C(=O)Nc1cc2c(cn1)C1(CCOCC1)C(=O)N2)C1CCC(C)CC1. The number of hydrogen-bond donors (Lipinski definition) is 3. The second-order valence-electron chi connectivity index (χ2n) is 10.3. The Labute approximate surface area is 215 Å². The van der Waals surface area contributed by atoms with Gasteiger partial charge in [0.05, 0.1) is 17.7 Å². The van der Waals surface area contributed by atoms with Crippen LogP contribution in [0.3, 0.4) is 0 Å². The van der Waals surface area contributed by atoms with Crippen LogP contribution in [0.4, 0.5) is 11.5 Å². The van der Waals surface area contributed by atoms with E-state index in [1.807, 2.05) is 0 Å². The van der Waals surface area contributed by atoms with Gasteiger partial charge in [-0.05, 0) is 37.5 Å². The summed E-state index contributed by atoms with van der Waals surface area (Å²) in [5, 5.41) is 12.6. The molecule has 3 aliphatic rings. The number of carbonyl (C=O) groups is 3. The molecule has 0 radical (unpaired) electrons. The van der Waals surface area contributed by atoms with Crippen molar-refractivity contribution in [2.45, 2.75) is 63.5 Å². The molecule has 1 spiro atoms. The first-order chi connectivity index (χ1) is 17.9. The van der Waals surface area contributed by atoms with E-state index in [1.54, 1.807) is 12.3 Å². The lowest BCUT2D eigenvalue weighted by Crippen LogP contribution is -2.49. The molecule has 1 saturated carbocycles. The minimum absolute atomic E-state index is 0.0227. The highest BCUT2D eigenvalue weighted by Gasteiger charge is 2.48. The Morgan fingerprint density at radius 1 is 1.24 bits per heavy atom. The molecule has 198 valence electrons. The van der Waals surface area contributed by atoms with E-state index >= 15 is 0 Å². The van der Waals surface area contributed by atoms with Crippen LogP contribution in [0.15, 0.2) is 23.0 Å². The molecule has 0 aromatic carbocycles. The highest BCUT2D eigenvalue weighted by molar-refractivity contribution is 6.07. The molecule has 5 rings (SSSR count). The lowest BCUT2D eigenvalue weighted by Gasteiger charge is -2.32. The van der Waals surface area contributed by atoms with Crippen LogP contribution in [0, 0.1) is 11.8 Å². The van der Waals surface area contributed by atoms with Gasteiger partial charge in [-0.3, -0.25) is 14.4 Å². The maximum atomic E-state index is 13.5. The standard InChI is InChI=1S/C26H33N5O6/c1-15-3-5-16(6-4-15)22(30-23(32)17-13-37-31-20(17)14-35-2)24(33)29-21-11-19-18(12-27-21)26(25(34)28-19)7-9-36-10-8-26/h11-13,15-16,22H,3-10,14H2,1-2H3,(H,28,34)(H,30,32)(H,27,29,33)/t15?,16?,22-/m0/s1. The van der Waals surface area contributed by atoms with Crippen molar-refractivity contribution in [2.75, 3.05) is 31.0 Å². The quantitative estimate of drug-likeness (QED) is 0.515. The van der Waals surface area contributed by atoms with Crippen LogP contribution in [0.5, 0.6) is 0 Å². The summed E-state index contributed by atoms with van der Waals surface area (Å²) in [6.07, 6.45) is 7.75. The highest BCUT2D eigenvalue weighted by Crippen LogP contribution is 2.44. The summed E-state index contributed by atoms with van der Waals surface area (Å²) in [6.45, 7) is 3.36. The van der Waals surface area contributed by atoms with Crippen LogP contribution in [0.1, 0.15) is 67.1 Å². The summed E-state index contributed by atoms with van der Waals surface area (Å²) in [6, 6.07) is 0.921. The van der Waals surface area contributed by atoms with Crippen molar-refractivity contribution in [3.05, 3.63) is 35.3 Å². The van der Waals surface area contributed by atoms with Crippen LogP contribution in [0.25, 0.3) is 0 Å². The monoisotopic (exact) mass is 511 g/mol. The predicted octanol–water partition coefficient (Wildman–Crippen LogP) is 2.78. The van der Waals surface area contributed by atoms with Gasteiger partial charge >= 0.3 is 0 Å². The summed E-state index contributed by atoms with van der Waals surface area (Å²) in [5.41, 5.74) is 1.47. The van der Waals surface area contributed by atoms with Gasteiger partial charge in [0, 0.05) is 38.2 Å². The van der Waals surface area contributed by atoms with Gasteiger partial charge < -0.3 is 29.9 Å². The molecule has 3 amide bonds. The second kappa shape index (κ2) is 10.6. The Hall–Kier alpha value is -3.31. The number of anilines is 2. The van der Waals surface area contributed by atoms with E-state index in [0.29, 0.717) is 49.2 Å². The van der Waals surface area contributed by atoms with E-state index in [-0.39, 0.29) is 29.9 Å². The molecular formula is C26H33N5O6. The number of rotatable bonds is 7. The summed E-state index contributed by atoms with van der Waals surface area (Å²) in [5.74, 6) is 0.0322. The first-order valence-corrected chi connectivity index (χ1v) is 12.8. The third kappa shape index (κ3) is 4.97. The molecule has 1 atom stereocenters. The molecule has 1 saturated heterocycles. The number of methoxy groups -OCH3 is 1. The van der Waals surface area contributed by atoms with Gasteiger partial charge in [0.1, 0.15) is 29.4 Å². The van der Waals surface area contributed by atoms with E-state index < -0.39 is 17.4 Å². The van der Waals surface area contributed by atoms with Gasteiger partial charge in [0.15, 0.2) is 0 Å². The van der Waals surface area contributed by atoms with E-state index in [4.69, 9.17) is 14.0 Å². The van der Waals surface area contributed by atoms with Crippen molar-refractivity contribution in [1.29, 1.82) is 0 Å². The summed E-state index contributed by atoms with van der Waals surface area (Å²) in [4.78, 5) is 44.0. The van der Waals surface area contributed by atoms with Crippen LogP contribution < -0.4 is 16.0 Å². The summed E-state index contributed by atoms with van der Waals surface area (Å²) < 4.78 is 15.5. The molecular weight excluding hydrogens is 478 g/mol. The van der Waals surface area contributed by atoms with Gasteiger partial charge in [0.2, 0.25) is 11.8 Å². The third-order valence-electron chi connectivity index (χ3n) is 7.97. The molecule has 2 aromatic rings. The van der Waals surface area contributed by atoms with Crippen LogP contribution in [-0.4, -0.2) is 54.2 Å². The molecule has 11 heteroatoms. The molecule has 1 aliphatic carbocycles. The summed E-state index contributed by atoms with van der Waals surface area (Å²) in [7, 11) is 1.51. The molecule has 4 heterocycles. The third-order valence-corrected chi connectivity index (χ3v) is 7.97. The number of aromatic nitrogens is 2. The Morgan fingerprint density at radius 3 is 2.73 bits per heavy atom. The fraction of sp³-hybridized carbons (Fsp3) is 0.577. The Kier molecular flexibility index (Phi) is 7.25. The van der Waals surface area contributed by atoms with E-state index in [0.717, 1.165) is 31.2 Å². The van der Waals surface area contributed by atoms with Crippen molar-refractivity contribution in [2.24, 2.45) is 11.8 Å². The van der Waals surface area contributed by atoms with E-state index in [2.05, 4.69) is 33.0 Å². The average Bonchev–Trinajstić information content (AvgIpc) is 3.46. The molecule has 2 aliphatic heterocycles. The zero-order valence-corrected chi connectivity index (χ0v) is 21.2. The number of pyridine rings is 1. The largest absolute Gasteiger partial charge is 0.381 e. The number of carbonyl (C=O) groups excluding carboxylic acids is 3. The molecule has 3 N–H and O–H groups in total. The molecule has 2 fully saturated rings. The van der Waals surface area contributed by atoms with Crippen LogP contribution >= 0.6 is 0 Å². The first-order valence-electron chi connectivity index (χ1n) is 12.8. The van der Waals surface area contributed by atoms with Crippen molar-refractivity contribution >= 4 is 29.2 Å². The van der Waals surface area contributed by atoms with Crippen LogP contribution in [-0.2, 0) is 31.1 Å². The van der Waals surface area contributed by atoms with Crippen molar-refractivity contribution < 1.29 is 28.4 Å². The van der Waals surface area contributed by atoms with Crippen molar-refractivity contribution in [3.63, 3.8) is 0 Å². The van der Waals surface area contributed by atoms with Gasteiger partial charge in [-0.2, -0.15) is 0 Å². The minimum Gasteiger partial charge on any atom is -0.381 e. The summed E-state index contributed by atoms with van der Waals surface area (Å²) >= 11 is 0. The topological polar surface area (TPSA) is 145 Å². The van der Waals surface area contributed by atoms with Gasteiger partial charge in [-0.1, -0.05) is 24.9 Å². The van der Waals surface area contributed by atoms with Gasteiger partial charge in [0.25, 0.3) is 5.91 Å². The number of nitrogens with zero attached hydrogens (tertiary/aromatic N) is 2. The van der Waals surface area contributed by atoms with Crippen molar-refractivity contribution in [3.8, 4) is 0 Å². The fourth-order valence-electron chi connectivity index (χ4n) is 5.71. The van der Waals surface area contributed by atoms with E-state index in [9.17, 15) is 14.4 Å². The van der Waals surface area contributed by atoms with Gasteiger partial charge in [-0.15, -0.1) is 0 Å². The zero-order valence-electron chi connectivity index (χ0n) is 21.2. The van der Waals surface area contributed by atoms with E-state index in [1.165, 1.54) is 13.4 Å². The normalized spacial score (nSPS) is 23.2. The lowest BCUT2D eigenvalue weighted by molar-refractivity contribution is -0.124. The second-order valence-corrected chi connectivity index (χ2v) is 10.3. The highest BCUT2D eigenvalue weighted by atomic mass is 16.5. The Balaban J connectivity index is 1.35. The molecule has 37 heavy (non-hydrogen) atoms. The number of hydrogen-bond acceptors (Lipinski definition) is 8. The number of fused-ring (bicyclic) bond motifs is 2. The van der Waals surface area contributed by atoms with Crippen LogP contribution in [0.2, 0.25) is 0 Å². The predicted molar refractivity (Wildman–Crippen MR) is 133 cm³/mol. The molecule has 0 unspecified atom stereocenters. The molecule has 11 nitrogen and oxygen atoms in total. The number of amides is 3. The Morgan fingerprint density at radius 2 is 2.00 bits per heavy atom. The van der Waals surface area contributed by atoms with Gasteiger partial charge in [-0.25, -0.2) is 4.98 Å². The minimum atomic E-state index is -0.767. The molecule has 0 bridgehead atoms. The lowest BCUT2D eigenvalue weighted by atomic mass is 9.76. The average molecular weight is 512 g/mol. The molecule has 2 aromatic heterocycles. The maximum absolute atomic E-state index is 13.5. The maximum Gasteiger partial charge on any atom is 0.257 e. The first kappa shape index (κ1) is 25.3. The van der Waals surface area contributed by atoms with Crippen molar-refractivity contribution in [1.82, 2.24) is 15.5 Å². The Bertz CT molecular complexity index is 1170. The number of ether oxygens (including phenoxy) is 2. The fourth-order valence-corrected chi connectivity index (χ4v) is 5.71. The zero-order chi connectivity index (χ0) is 26.0. The number of nitrogens with one attached hydrogen (secondary N) is 3. The smallest absolute Gasteiger partial charge is 0.257 e.